The Balaban J connectivity index is 1.28. The van der Waals surface area contributed by atoms with Crippen LogP contribution in [0.15, 0.2) is 60.7 Å². The fourth-order valence-electron chi connectivity index (χ4n) is 4.63. The van der Waals surface area contributed by atoms with Gasteiger partial charge in [0.1, 0.15) is 19.8 Å². The molecule has 0 bridgehead atoms. The summed E-state index contributed by atoms with van der Waals surface area (Å²) < 4.78 is 16.3. The summed E-state index contributed by atoms with van der Waals surface area (Å²) in [6, 6.07) is 15.2. The first-order valence-corrected chi connectivity index (χ1v) is 17.2. The third-order valence-electron chi connectivity index (χ3n) is 6.61. The molecule has 272 valence electrons. The Morgan fingerprint density at radius 1 is 0.558 bits per heavy atom. The molecule has 4 aromatic rings. The first-order valence-electron chi connectivity index (χ1n) is 14.9. The third-order valence-corrected chi connectivity index (χ3v) is 8.17. The Morgan fingerprint density at radius 2 is 1.00 bits per heavy atom. The van der Waals surface area contributed by atoms with Gasteiger partial charge in [-0.05, 0) is 77.4 Å². The molecule has 0 heterocycles. The van der Waals surface area contributed by atoms with Crippen molar-refractivity contribution in [3.8, 4) is 11.5 Å². The molecular formula is C35H27Cl6N3O8. The summed E-state index contributed by atoms with van der Waals surface area (Å²) >= 11 is 37.7. The van der Waals surface area contributed by atoms with E-state index in [4.69, 9.17) is 83.8 Å². The van der Waals surface area contributed by atoms with Gasteiger partial charge in [-0.3, -0.25) is 19.2 Å². The maximum atomic E-state index is 12.7. The fourth-order valence-corrected chi connectivity index (χ4v) is 6.38. The van der Waals surface area contributed by atoms with Crippen molar-refractivity contribution in [1.29, 1.82) is 0 Å². The maximum absolute atomic E-state index is 12.7. The molecule has 0 saturated carbocycles. The summed E-state index contributed by atoms with van der Waals surface area (Å²) in [5.74, 6) is -3.01. The van der Waals surface area contributed by atoms with E-state index < -0.39 is 24.4 Å². The molecule has 0 radical (unpaired) electrons. The highest BCUT2D eigenvalue weighted by atomic mass is 35.5. The summed E-state index contributed by atoms with van der Waals surface area (Å²) in [6.07, 6.45) is -0.371. The topological polar surface area (TPSA) is 149 Å². The number of carbonyl (C=O) groups excluding carboxylic acids is 5. The van der Waals surface area contributed by atoms with Gasteiger partial charge in [-0.25, -0.2) is 4.79 Å². The van der Waals surface area contributed by atoms with Crippen molar-refractivity contribution in [2.75, 3.05) is 17.2 Å². The summed E-state index contributed by atoms with van der Waals surface area (Å²) in [7, 11) is 0. The molecule has 0 atom stereocenters. The summed E-state index contributed by atoms with van der Waals surface area (Å²) in [6.45, 7) is 2.08. The Labute approximate surface area is 327 Å². The number of hydrogen-bond acceptors (Lipinski definition) is 8. The lowest BCUT2D eigenvalue weighted by Crippen LogP contribution is -2.32. The summed E-state index contributed by atoms with van der Waals surface area (Å²) in [4.78, 5) is 60.3. The molecule has 0 aliphatic heterocycles. The third kappa shape index (κ3) is 12.2. The number of carbonyl (C=O) groups is 5. The molecule has 11 nitrogen and oxygen atoms in total. The van der Waals surface area contributed by atoms with Gasteiger partial charge < -0.3 is 30.2 Å². The molecular weight excluding hydrogens is 803 g/mol. The van der Waals surface area contributed by atoms with Crippen LogP contribution in [0, 0.1) is 0 Å². The minimum atomic E-state index is -1.03. The first kappa shape index (κ1) is 40.5. The Morgan fingerprint density at radius 3 is 1.44 bits per heavy atom. The van der Waals surface area contributed by atoms with Crippen molar-refractivity contribution in [3.63, 3.8) is 0 Å². The van der Waals surface area contributed by atoms with Crippen LogP contribution in [0.3, 0.4) is 0 Å². The van der Waals surface area contributed by atoms with Crippen LogP contribution in [0.4, 0.5) is 11.4 Å². The lowest BCUT2D eigenvalue weighted by molar-refractivity contribution is -0.158. The minimum absolute atomic E-state index is 0.00676. The number of esters is 2. The quantitative estimate of drug-likeness (QED) is 0.0895. The van der Waals surface area contributed by atoms with Crippen molar-refractivity contribution in [2.24, 2.45) is 0 Å². The van der Waals surface area contributed by atoms with E-state index >= 15 is 0 Å². The number of ether oxygens (including phenoxy) is 3. The van der Waals surface area contributed by atoms with Crippen LogP contribution in [0.2, 0.25) is 30.1 Å². The van der Waals surface area contributed by atoms with E-state index in [1.165, 1.54) is 38.1 Å². The van der Waals surface area contributed by atoms with Crippen molar-refractivity contribution in [3.05, 3.63) is 113 Å². The molecule has 4 rings (SSSR count). The van der Waals surface area contributed by atoms with Gasteiger partial charge in [0.05, 0.1) is 26.5 Å². The SMILES string of the molecule is CC(=O)Nc1cc(Cl)cc(COc2c(Cl)cc(CC(=O)OC(=O)CNC(=O)c3cc(Cl)c(OCc4cc(Cl)cc(NC(C)=O)c4)c(Cl)c3)cc2Cl)c1. The van der Waals surface area contributed by atoms with Gasteiger partial charge in [-0.15, -0.1) is 0 Å². The highest BCUT2D eigenvalue weighted by Crippen LogP contribution is 2.36. The zero-order chi connectivity index (χ0) is 38.1. The average molecular weight is 830 g/mol. The molecule has 3 amide bonds. The zero-order valence-electron chi connectivity index (χ0n) is 27.1. The van der Waals surface area contributed by atoms with E-state index in [0.29, 0.717) is 38.1 Å². The lowest BCUT2D eigenvalue weighted by Gasteiger charge is -2.13. The monoisotopic (exact) mass is 827 g/mol. The van der Waals surface area contributed by atoms with Crippen molar-refractivity contribution < 1.29 is 38.2 Å². The van der Waals surface area contributed by atoms with Crippen molar-refractivity contribution in [2.45, 2.75) is 33.5 Å². The second kappa shape index (κ2) is 18.5. The molecule has 52 heavy (non-hydrogen) atoms. The van der Waals surface area contributed by atoms with Crippen molar-refractivity contribution in [1.82, 2.24) is 5.32 Å². The predicted molar refractivity (Wildman–Crippen MR) is 200 cm³/mol. The number of anilines is 2. The molecule has 0 saturated heterocycles. The molecule has 4 aromatic carbocycles. The first-order chi connectivity index (χ1) is 24.6. The molecule has 3 N–H and O–H groups in total. The predicted octanol–water partition coefficient (Wildman–Crippen LogP) is 8.72. The van der Waals surface area contributed by atoms with Crippen LogP contribution in [0.5, 0.6) is 11.5 Å². The van der Waals surface area contributed by atoms with E-state index in [9.17, 15) is 24.0 Å². The Hall–Kier alpha value is -4.23. The van der Waals surface area contributed by atoms with Crippen LogP contribution < -0.4 is 25.4 Å². The Bertz CT molecular complexity index is 2010. The minimum Gasteiger partial charge on any atom is -0.486 e. The molecule has 0 fully saturated rings. The molecule has 17 heteroatoms. The van der Waals surface area contributed by atoms with E-state index in [0.717, 1.165) is 0 Å². The molecule has 0 aromatic heterocycles. The number of amides is 3. The van der Waals surface area contributed by atoms with E-state index in [-0.39, 0.29) is 68.6 Å². The number of nitrogens with one attached hydrogen (secondary N) is 3. The van der Waals surface area contributed by atoms with Gasteiger partial charge in [0.15, 0.2) is 11.5 Å². The van der Waals surface area contributed by atoms with Gasteiger partial charge in [0.2, 0.25) is 11.8 Å². The van der Waals surface area contributed by atoms with Gasteiger partial charge >= 0.3 is 11.9 Å². The number of rotatable bonds is 13. The smallest absolute Gasteiger partial charge is 0.333 e. The summed E-state index contributed by atoms with van der Waals surface area (Å²) in [5, 5.41) is 8.56. The molecule has 0 aliphatic carbocycles. The van der Waals surface area contributed by atoms with Crippen LogP contribution >= 0.6 is 69.6 Å². The van der Waals surface area contributed by atoms with Crippen LogP contribution in [-0.4, -0.2) is 36.2 Å². The number of hydrogen-bond donors (Lipinski definition) is 3. The van der Waals surface area contributed by atoms with Crippen LogP contribution in [0.25, 0.3) is 0 Å². The van der Waals surface area contributed by atoms with Gasteiger partial charge in [0.25, 0.3) is 5.91 Å². The zero-order valence-corrected chi connectivity index (χ0v) is 31.7. The second-order valence-electron chi connectivity index (χ2n) is 11.0. The van der Waals surface area contributed by atoms with Crippen LogP contribution in [0.1, 0.15) is 40.9 Å². The van der Waals surface area contributed by atoms with E-state index in [1.807, 2.05) is 0 Å². The standard InChI is InChI=1S/C35H27Cl6N3O8/c1-17(45)43-25-5-20(3-23(36)12-25)15-50-33-27(38)7-19(8-28(33)39)9-31(47)52-32(48)14-42-35(49)22-10-29(40)34(30(41)11-22)51-16-21-4-24(37)13-26(6-21)44-18(2)46/h3-8,10-13H,9,14-16H2,1-2H3,(H,42,49)(H,43,45)(H,44,46). The highest BCUT2D eigenvalue weighted by molar-refractivity contribution is 6.38. The molecule has 0 unspecified atom stereocenters. The molecule has 0 aliphatic rings. The second-order valence-corrected chi connectivity index (χ2v) is 13.5. The normalized spacial score (nSPS) is 10.6. The average Bonchev–Trinajstić information content (AvgIpc) is 3.01. The van der Waals surface area contributed by atoms with E-state index in [2.05, 4.69) is 16.0 Å². The molecule has 0 spiro atoms. The highest BCUT2D eigenvalue weighted by Gasteiger charge is 2.19. The maximum Gasteiger partial charge on any atom is 0.333 e. The van der Waals surface area contributed by atoms with Crippen LogP contribution in [-0.2, 0) is 43.5 Å². The van der Waals surface area contributed by atoms with Gasteiger partial charge in [0, 0.05) is 40.8 Å². The van der Waals surface area contributed by atoms with Gasteiger partial charge in [-0.2, -0.15) is 0 Å². The Kier molecular flexibility index (Phi) is 14.4. The van der Waals surface area contributed by atoms with Gasteiger partial charge in [-0.1, -0.05) is 69.6 Å². The largest absolute Gasteiger partial charge is 0.486 e. The lowest BCUT2D eigenvalue weighted by atomic mass is 10.1. The number of halogens is 6. The van der Waals surface area contributed by atoms with E-state index in [1.54, 1.807) is 36.4 Å². The van der Waals surface area contributed by atoms with Crippen molar-refractivity contribution >= 4 is 111 Å². The fraction of sp³-hybridized carbons (Fsp3) is 0.171. The summed E-state index contributed by atoms with van der Waals surface area (Å²) in [5.41, 5.74) is 2.54. The number of benzene rings is 4.